The van der Waals surface area contributed by atoms with Crippen LogP contribution in [0.4, 0.5) is 0 Å². The topological polar surface area (TPSA) is 77.0 Å². The Labute approximate surface area is 136 Å². The number of amides is 1. The first-order valence-corrected chi connectivity index (χ1v) is 8.12. The lowest BCUT2D eigenvalue weighted by Gasteiger charge is -2.37. The summed E-state index contributed by atoms with van der Waals surface area (Å²) >= 11 is 0. The van der Waals surface area contributed by atoms with E-state index in [0.717, 1.165) is 31.5 Å². The van der Waals surface area contributed by atoms with Crippen molar-refractivity contribution in [1.29, 1.82) is 0 Å². The van der Waals surface area contributed by atoms with Crippen LogP contribution >= 0.6 is 0 Å². The van der Waals surface area contributed by atoms with Crippen molar-refractivity contribution in [3.8, 4) is 5.69 Å². The second-order valence-electron chi connectivity index (χ2n) is 6.30. The Morgan fingerprint density at radius 1 is 1.30 bits per heavy atom. The van der Waals surface area contributed by atoms with Crippen molar-refractivity contribution in [2.75, 3.05) is 6.54 Å². The lowest BCUT2D eigenvalue weighted by atomic mass is 9.96. The highest BCUT2D eigenvalue weighted by molar-refractivity contribution is 5.92. The van der Waals surface area contributed by atoms with Gasteiger partial charge in [0.05, 0.1) is 11.9 Å². The molecular formula is C17H23N5O. The molecule has 1 amide bonds. The van der Waals surface area contributed by atoms with Gasteiger partial charge in [0, 0.05) is 18.6 Å². The monoisotopic (exact) mass is 313 g/mol. The van der Waals surface area contributed by atoms with Gasteiger partial charge in [0.2, 0.25) is 0 Å². The molecule has 0 spiro atoms. The minimum Gasteiger partial charge on any atom is -0.333 e. The number of nitrogens with two attached hydrogens (primary N) is 1. The Kier molecular flexibility index (Phi) is 4.43. The first kappa shape index (κ1) is 15.7. The molecule has 23 heavy (non-hydrogen) atoms. The maximum Gasteiger partial charge on any atom is 0.276 e. The maximum absolute atomic E-state index is 12.8. The van der Waals surface area contributed by atoms with Crippen LogP contribution in [0.3, 0.4) is 0 Å². The summed E-state index contributed by atoms with van der Waals surface area (Å²) in [6, 6.07) is 7.99. The van der Waals surface area contributed by atoms with Crippen molar-refractivity contribution in [2.24, 2.45) is 5.73 Å². The van der Waals surface area contributed by atoms with E-state index in [9.17, 15) is 4.79 Å². The zero-order valence-corrected chi connectivity index (χ0v) is 13.6. The minimum absolute atomic E-state index is 0.0357. The van der Waals surface area contributed by atoms with Crippen LogP contribution in [0, 0.1) is 6.92 Å². The quantitative estimate of drug-likeness (QED) is 0.939. The summed E-state index contributed by atoms with van der Waals surface area (Å²) < 4.78 is 1.64. The third kappa shape index (κ3) is 3.27. The number of likely N-dealkylation sites (tertiary alicyclic amines) is 1. The number of hydrogen-bond acceptors (Lipinski definition) is 4. The van der Waals surface area contributed by atoms with E-state index in [1.54, 1.807) is 10.9 Å². The van der Waals surface area contributed by atoms with E-state index in [-0.39, 0.29) is 18.0 Å². The van der Waals surface area contributed by atoms with Crippen LogP contribution in [0.2, 0.25) is 0 Å². The molecule has 0 unspecified atom stereocenters. The molecular weight excluding hydrogens is 290 g/mol. The number of rotatable bonds is 3. The largest absolute Gasteiger partial charge is 0.333 e. The van der Waals surface area contributed by atoms with Gasteiger partial charge in [-0.3, -0.25) is 4.79 Å². The first-order chi connectivity index (χ1) is 11.1. The molecule has 1 aliphatic rings. The Bertz CT molecular complexity index is 677. The molecule has 0 radical (unpaired) electrons. The van der Waals surface area contributed by atoms with Crippen LogP contribution in [-0.2, 0) is 0 Å². The summed E-state index contributed by atoms with van der Waals surface area (Å²) in [4.78, 5) is 14.6. The Morgan fingerprint density at radius 2 is 2.04 bits per heavy atom. The molecule has 2 atom stereocenters. The van der Waals surface area contributed by atoms with E-state index < -0.39 is 0 Å². The summed E-state index contributed by atoms with van der Waals surface area (Å²) in [7, 11) is 0. The zero-order valence-electron chi connectivity index (χ0n) is 13.6. The van der Waals surface area contributed by atoms with E-state index >= 15 is 0 Å². The number of nitrogens with zero attached hydrogens (tertiary/aromatic N) is 4. The lowest BCUT2D eigenvalue weighted by Crippen LogP contribution is -2.51. The third-order valence-corrected chi connectivity index (χ3v) is 4.43. The van der Waals surface area contributed by atoms with E-state index in [0.29, 0.717) is 5.69 Å². The highest BCUT2D eigenvalue weighted by Gasteiger charge is 2.31. The maximum atomic E-state index is 12.8. The molecule has 2 N–H and O–H groups in total. The molecule has 2 aromatic rings. The second-order valence-corrected chi connectivity index (χ2v) is 6.30. The van der Waals surface area contributed by atoms with Gasteiger partial charge in [0.1, 0.15) is 0 Å². The fourth-order valence-electron chi connectivity index (χ4n) is 3.09. The van der Waals surface area contributed by atoms with E-state index in [1.165, 1.54) is 5.56 Å². The van der Waals surface area contributed by atoms with Gasteiger partial charge >= 0.3 is 0 Å². The minimum atomic E-state index is -0.0784. The van der Waals surface area contributed by atoms with Gasteiger partial charge in [-0.1, -0.05) is 22.9 Å². The van der Waals surface area contributed by atoms with Crippen LogP contribution < -0.4 is 5.73 Å². The van der Waals surface area contributed by atoms with Gasteiger partial charge in [-0.15, -0.1) is 5.10 Å². The van der Waals surface area contributed by atoms with Gasteiger partial charge in [0.25, 0.3) is 5.91 Å². The van der Waals surface area contributed by atoms with Gasteiger partial charge in [-0.25, -0.2) is 4.68 Å². The molecule has 1 fully saturated rings. The standard InChI is InChI=1S/C17H23N5O/c1-12-6-8-14(9-7-12)22-11-15(19-20-22)17(23)21-10-4-3-5-16(21)13(2)18/h6-9,11,13,16H,3-5,10,18H2,1-2H3/t13-,16+/m1/s1. The van der Waals surface area contributed by atoms with Crippen molar-refractivity contribution in [3.05, 3.63) is 41.7 Å². The average molecular weight is 313 g/mol. The number of hydrogen-bond donors (Lipinski definition) is 1. The molecule has 6 nitrogen and oxygen atoms in total. The van der Waals surface area contributed by atoms with E-state index in [2.05, 4.69) is 10.3 Å². The smallest absolute Gasteiger partial charge is 0.276 e. The molecule has 0 saturated carbocycles. The van der Waals surface area contributed by atoms with Crippen LogP contribution in [-0.4, -0.2) is 44.4 Å². The third-order valence-electron chi connectivity index (χ3n) is 4.43. The van der Waals surface area contributed by atoms with Crippen LogP contribution in [0.15, 0.2) is 30.5 Å². The molecule has 0 bridgehead atoms. The highest BCUT2D eigenvalue weighted by atomic mass is 16.2. The predicted molar refractivity (Wildman–Crippen MR) is 88.4 cm³/mol. The molecule has 0 aliphatic carbocycles. The van der Waals surface area contributed by atoms with Crippen molar-refractivity contribution in [1.82, 2.24) is 19.9 Å². The van der Waals surface area contributed by atoms with Gasteiger partial charge in [-0.2, -0.15) is 0 Å². The summed E-state index contributed by atoms with van der Waals surface area (Å²) in [6.45, 7) is 4.73. The van der Waals surface area contributed by atoms with Crippen molar-refractivity contribution < 1.29 is 4.79 Å². The number of carbonyl (C=O) groups excluding carboxylic acids is 1. The average Bonchev–Trinajstić information content (AvgIpc) is 3.04. The number of aromatic nitrogens is 3. The molecule has 122 valence electrons. The number of benzene rings is 1. The van der Waals surface area contributed by atoms with Crippen LogP contribution in [0.5, 0.6) is 0 Å². The Morgan fingerprint density at radius 3 is 2.74 bits per heavy atom. The summed E-state index contributed by atoms with van der Waals surface area (Å²) in [6.07, 6.45) is 4.78. The SMILES string of the molecule is Cc1ccc(-n2cc(C(=O)N3CCCC[C@H]3[C@@H](C)N)nn2)cc1. The lowest BCUT2D eigenvalue weighted by molar-refractivity contribution is 0.0577. The van der Waals surface area contributed by atoms with E-state index in [4.69, 9.17) is 5.73 Å². The molecule has 6 heteroatoms. The van der Waals surface area contributed by atoms with Gasteiger partial charge in [-0.05, 0) is 45.2 Å². The van der Waals surface area contributed by atoms with Crippen molar-refractivity contribution >= 4 is 5.91 Å². The molecule has 1 aliphatic heterocycles. The highest BCUT2D eigenvalue weighted by Crippen LogP contribution is 2.21. The molecule has 2 heterocycles. The molecule has 1 saturated heterocycles. The molecule has 3 rings (SSSR count). The normalized spacial score (nSPS) is 19.6. The van der Waals surface area contributed by atoms with Crippen molar-refractivity contribution in [2.45, 2.75) is 45.2 Å². The Balaban J connectivity index is 1.81. The summed E-state index contributed by atoms with van der Waals surface area (Å²) in [5, 5.41) is 8.15. The summed E-state index contributed by atoms with van der Waals surface area (Å²) in [5.41, 5.74) is 8.49. The van der Waals surface area contributed by atoms with Crippen LogP contribution in [0.1, 0.15) is 42.2 Å². The van der Waals surface area contributed by atoms with Gasteiger partial charge < -0.3 is 10.6 Å². The zero-order chi connectivity index (χ0) is 16.4. The first-order valence-electron chi connectivity index (χ1n) is 8.12. The van der Waals surface area contributed by atoms with Crippen LogP contribution in [0.25, 0.3) is 5.69 Å². The van der Waals surface area contributed by atoms with Crippen molar-refractivity contribution in [3.63, 3.8) is 0 Å². The Hall–Kier alpha value is -2.21. The number of piperidine rings is 1. The van der Waals surface area contributed by atoms with E-state index in [1.807, 2.05) is 43.0 Å². The summed E-state index contributed by atoms with van der Waals surface area (Å²) in [5.74, 6) is -0.0784. The van der Waals surface area contributed by atoms with Gasteiger partial charge in [0.15, 0.2) is 5.69 Å². The predicted octanol–water partition coefficient (Wildman–Crippen LogP) is 1.92. The number of aryl methyl sites for hydroxylation is 1. The number of carbonyl (C=O) groups is 1. The fraction of sp³-hybridized carbons (Fsp3) is 0.471. The molecule has 1 aromatic heterocycles. The molecule has 1 aromatic carbocycles. The fourth-order valence-corrected chi connectivity index (χ4v) is 3.09. The second kappa shape index (κ2) is 6.50.